The second kappa shape index (κ2) is 11.1. The van der Waals surface area contributed by atoms with E-state index in [-0.39, 0.29) is 24.6 Å². The van der Waals surface area contributed by atoms with Gasteiger partial charge in [-0.15, -0.1) is 5.10 Å². The van der Waals surface area contributed by atoms with Crippen molar-refractivity contribution in [1.29, 1.82) is 0 Å². The molecule has 0 unspecified atom stereocenters. The zero-order valence-electron chi connectivity index (χ0n) is 18.7. The van der Waals surface area contributed by atoms with E-state index >= 15 is 0 Å². The van der Waals surface area contributed by atoms with E-state index < -0.39 is 0 Å². The molecule has 0 bridgehead atoms. The fraction of sp³-hybridized carbons (Fsp3) is 0.346. The molecule has 0 amide bonds. The Bertz CT molecular complexity index is 1030. The Morgan fingerprint density at radius 2 is 1.67 bits per heavy atom. The second-order valence-electron chi connectivity index (χ2n) is 8.29. The number of rotatable bonds is 9. The predicted molar refractivity (Wildman–Crippen MR) is 123 cm³/mol. The van der Waals surface area contributed by atoms with Gasteiger partial charge in [-0.25, -0.2) is 4.39 Å². The average Bonchev–Trinajstić information content (AvgIpc) is 2.85. The van der Waals surface area contributed by atoms with E-state index in [1.807, 2.05) is 24.3 Å². The summed E-state index contributed by atoms with van der Waals surface area (Å²) in [5, 5.41) is 8.14. The zero-order valence-corrected chi connectivity index (χ0v) is 18.7. The van der Waals surface area contributed by atoms with E-state index in [1.54, 1.807) is 31.4 Å². The van der Waals surface area contributed by atoms with Gasteiger partial charge in [0.15, 0.2) is 5.78 Å². The van der Waals surface area contributed by atoms with Crippen LogP contribution in [0.15, 0.2) is 60.7 Å². The number of piperidine rings is 1. The molecular formula is C26H28FN3O3. The lowest BCUT2D eigenvalue weighted by molar-refractivity contribution is 0.0388. The minimum absolute atomic E-state index is 0.00302. The van der Waals surface area contributed by atoms with E-state index in [9.17, 15) is 9.18 Å². The second-order valence-corrected chi connectivity index (χ2v) is 8.29. The van der Waals surface area contributed by atoms with Crippen LogP contribution in [0.5, 0.6) is 5.88 Å². The molecule has 1 aliphatic rings. The minimum Gasteiger partial charge on any atom is -0.472 e. The molecule has 1 aliphatic heterocycles. The van der Waals surface area contributed by atoms with E-state index in [0.717, 1.165) is 38.0 Å². The van der Waals surface area contributed by atoms with Crippen LogP contribution in [0.25, 0.3) is 0 Å². The SMILES string of the molecule is COC1CCN(Cc2ccc(C(=O)Cc3ccc(OCc4ccc(F)cc4)nn3)cc2)CC1. The summed E-state index contributed by atoms with van der Waals surface area (Å²) in [5.74, 6) is 0.0657. The molecule has 1 fully saturated rings. The summed E-state index contributed by atoms with van der Waals surface area (Å²) in [7, 11) is 1.78. The lowest BCUT2D eigenvalue weighted by Gasteiger charge is -2.31. The maximum Gasteiger partial charge on any atom is 0.233 e. The molecule has 33 heavy (non-hydrogen) atoms. The molecule has 4 rings (SSSR count). The Hall–Kier alpha value is -3.16. The monoisotopic (exact) mass is 449 g/mol. The van der Waals surface area contributed by atoms with Crippen LogP contribution in [0.2, 0.25) is 0 Å². The number of hydrogen-bond acceptors (Lipinski definition) is 6. The maximum atomic E-state index is 13.0. The van der Waals surface area contributed by atoms with Crippen molar-refractivity contribution in [2.24, 2.45) is 0 Å². The molecule has 0 aliphatic carbocycles. The largest absolute Gasteiger partial charge is 0.472 e. The third-order valence-corrected chi connectivity index (χ3v) is 5.89. The molecule has 1 aromatic heterocycles. The van der Waals surface area contributed by atoms with Crippen LogP contribution in [-0.2, 0) is 24.3 Å². The number of carbonyl (C=O) groups excluding carboxylic acids is 1. The standard InChI is InChI=1S/C26H28FN3O3/c1-32-24-12-14-30(15-13-24)17-19-2-6-21(7-3-19)25(31)16-23-10-11-26(29-28-23)33-18-20-4-8-22(27)9-5-20/h2-11,24H,12-18H2,1H3. The fourth-order valence-corrected chi connectivity index (χ4v) is 3.88. The Morgan fingerprint density at radius 3 is 2.30 bits per heavy atom. The molecule has 0 N–H and O–H groups in total. The highest BCUT2D eigenvalue weighted by Gasteiger charge is 2.18. The smallest absolute Gasteiger partial charge is 0.233 e. The lowest BCUT2D eigenvalue weighted by atomic mass is 10.0. The number of hydrogen-bond donors (Lipinski definition) is 0. The van der Waals surface area contributed by atoms with Gasteiger partial charge in [0.1, 0.15) is 12.4 Å². The first kappa shape index (κ1) is 23.0. The summed E-state index contributed by atoms with van der Waals surface area (Å²) in [5.41, 5.74) is 3.28. The van der Waals surface area contributed by atoms with Crippen LogP contribution in [0, 0.1) is 5.82 Å². The van der Waals surface area contributed by atoms with Gasteiger partial charge in [0.2, 0.25) is 5.88 Å². The third-order valence-electron chi connectivity index (χ3n) is 5.89. The maximum absolute atomic E-state index is 13.0. The van der Waals surface area contributed by atoms with Gasteiger partial charge in [-0.2, -0.15) is 5.10 Å². The van der Waals surface area contributed by atoms with Gasteiger partial charge in [-0.3, -0.25) is 9.69 Å². The first-order valence-corrected chi connectivity index (χ1v) is 11.2. The molecule has 1 saturated heterocycles. The molecule has 7 heteroatoms. The summed E-state index contributed by atoms with van der Waals surface area (Å²) in [6.45, 7) is 3.21. The number of methoxy groups -OCH3 is 1. The number of aromatic nitrogens is 2. The number of nitrogens with zero attached hydrogens (tertiary/aromatic N) is 3. The van der Waals surface area contributed by atoms with Crippen LogP contribution in [-0.4, -0.2) is 47.2 Å². The fourth-order valence-electron chi connectivity index (χ4n) is 3.88. The summed E-state index contributed by atoms with van der Waals surface area (Å²) in [4.78, 5) is 15.1. The van der Waals surface area contributed by atoms with Gasteiger partial charge in [-0.1, -0.05) is 36.4 Å². The number of ketones is 1. The molecule has 2 heterocycles. The summed E-state index contributed by atoms with van der Waals surface area (Å²) in [6, 6.07) is 17.3. The number of Topliss-reactive ketones (excluding diaryl/α,β-unsaturated/α-hetero) is 1. The Labute approximate surface area is 193 Å². The van der Waals surface area contributed by atoms with Crippen molar-refractivity contribution in [3.05, 3.63) is 88.9 Å². The molecule has 3 aromatic rings. The van der Waals surface area contributed by atoms with Gasteiger partial charge in [0.05, 0.1) is 18.2 Å². The highest BCUT2D eigenvalue weighted by Crippen LogP contribution is 2.17. The normalized spacial score (nSPS) is 14.8. The van der Waals surface area contributed by atoms with Crippen LogP contribution in [0.4, 0.5) is 4.39 Å². The predicted octanol–water partition coefficient (Wildman–Crippen LogP) is 4.23. The molecule has 0 radical (unpaired) electrons. The van der Waals surface area contributed by atoms with Crippen molar-refractivity contribution in [2.75, 3.05) is 20.2 Å². The number of carbonyl (C=O) groups is 1. The van der Waals surface area contributed by atoms with Gasteiger partial charge in [-0.05, 0) is 42.2 Å². The Morgan fingerprint density at radius 1 is 0.970 bits per heavy atom. The quantitative estimate of drug-likeness (QED) is 0.456. The average molecular weight is 450 g/mol. The van der Waals surface area contributed by atoms with Crippen molar-refractivity contribution in [1.82, 2.24) is 15.1 Å². The molecule has 172 valence electrons. The zero-order chi connectivity index (χ0) is 23.0. The number of benzene rings is 2. The van der Waals surface area contributed by atoms with Crippen LogP contribution < -0.4 is 4.74 Å². The van der Waals surface area contributed by atoms with Crippen LogP contribution in [0.1, 0.15) is 40.0 Å². The van der Waals surface area contributed by atoms with Crippen molar-refractivity contribution >= 4 is 5.78 Å². The summed E-state index contributed by atoms with van der Waals surface area (Å²) >= 11 is 0. The van der Waals surface area contributed by atoms with E-state index in [1.165, 1.54) is 17.7 Å². The lowest BCUT2D eigenvalue weighted by Crippen LogP contribution is -2.36. The highest BCUT2D eigenvalue weighted by atomic mass is 19.1. The first-order chi connectivity index (χ1) is 16.1. The van der Waals surface area contributed by atoms with Crippen molar-refractivity contribution in [2.45, 2.75) is 38.5 Å². The number of ether oxygens (including phenoxy) is 2. The Balaban J connectivity index is 1.26. The van der Waals surface area contributed by atoms with Gasteiger partial charge in [0.25, 0.3) is 0 Å². The topological polar surface area (TPSA) is 64.5 Å². The van der Waals surface area contributed by atoms with Crippen LogP contribution >= 0.6 is 0 Å². The highest BCUT2D eigenvalue weighted by molar-refractivity contribution is 5.97. The number of halogens is 1. The molecule has 0 atom stereocenters. The van der Waals surface area contributed by atoms with E-state index in [2.05, 4.69) is 15.1 Å². The van der Waals surface area contributed by atoms with Crippen molar-refractivity contribution < 1.29 is 18.7 Å². The van der Waals surface area contributed by atoms with E-state index in [4.69, 9.17) is 9.47 Å². The summed E-state index contributed by atoms with van der Waals surface area (Å²) < 4.78 is 24.0. The summed E-state index contributed by atoms with van der Waals surface area (Å²) in [6.07, 6.45) is 2.67. The van der Waals surface area contributed by atoms with Crippen molar-refractivity contribution in [3.8, 4) is 5.88 Å². The van der Waals surface area contributed by atoms with Crippen molar-refractivity contribution in [3.63, 3.8) is 0 Å². The van der Waals surface area contributed by atoms with Gasteiger partial charge < -0.3 is 9.47 Å². The minimum atomic E-state index is -0.287. The molecule has 2 aromatic carbocycles. The van der Waals surface area contributed by atoms with Gasteiger partial charge in [0, 0.05) is 38.4 Å². The molecular weight excluding hydrogens is 421 g/mol. The van der Waals surface area contributed by atoms with E-state index in [0.29, 0.717) is 23.2 Å². The molecule has 0 saturated carbocycles. The molecule has 6 nitrogen and oxygen atoms in total. The third kappa shape index (κ3) is 6.66. The van der Waals surface area contributed by atoms with Gasteiger partial charge >= 0.3 is 0 Å². The number of likely N-dealkylation sites (tertiary alicyclic amines) is 1. The van der Waals surface area contributed by atoms with Crippen LogP contribution in [0.3, 0.4) is 0 Å². The first-order valence-electron chi connectivity index (χ1n) is 11.2. The molecule has 0 spiro atoms. The Kier molecular flexibility index (Phi) is 7.75.